The zero-order valence-corrected chi connectivity index (χ0v) is 10.7. The lowest BCUT2D eigenvalue weighted by Crippen LogP contribution is -2.04. The van der Waals surface area contributed by atoms with Crippen LogP contribution in [0.25, 0.3) is 22.4 Å². The SMILES string of the molecule is Cc1c(-c2ncnc3[nH]ccc23)nnn1CC1CC1. The summed E-state index contributed by atoms with van der Waals surface area (Å²) in [6, 6.07) is 1.98. The number of nitrogens with zero attached hydrogens (tertiary/aromatic N) is 5. The van der Waals surface area contributed by atoms with Gasteiger partial charge in [0.15, 0.2) is 0 Å². The van der Waals surface area contributed by atoms with Crippen molar-refractivity contribution in [3.63, 3.8) is 0 Å². The summed E-state index contributed by atoms with van der Waals surface area (Å²) in [5.41, 5.74) is 3.62. The molecule has 0 atom stereocenters. The minimum atomic E-state index is 0.783. The summed E-state index contributed by atoms with van der Waals surface area (Å²) in [4.78, 5) is 11.7. The highest BCUT2D eigenvalue weighted by atomic mass is 15.4. The summed E-state index contributed by atoms with van der Waals surface area (Å²) in [5.74, 6) is 0.783. The van der Waals surface area contributed by atoms with Gasteiger partial charge in [0.2, 0.25) is 0 Å². The molecule has 0 radical (unpaired) electrons. The Kier molecular flexibility index (Phi) is 2.18. The fourth-order valence-electron chi connectivity index (χ4n) is 2.36. The van der Waals surface area contributed by atoms with Gasteiger partial charge in [0, 0.05) is 18.1 Å². The Labute approximate surface area is 109 Å². The quantitative estimate of drug-likeness (QED) is 0.775. The third-order valence-corrected chi connectivity index (χ3v) is 3.69. The standard InChI is InChI=1S/C13H14N6/c1-8-11(17-18-19(8)6-9-2-3-9)12-10-4-5-14-13(10)16-7-15-12/h4-5,7,9H,2-3,6H2,1H3,(H,14,15,16). The molecule has 1 aliphatic carbocycles. The molecule has 0 amide bonds. The van der Waals surface area contributed by atoms with Gasteiger partial charge in [-0.3, -0.25) is 0 Å². The van der Waals surface area contributed by atoms with E-state index in [-0.39, 0.29) is 0 Å². The molecular weight excluding hydrogens is 240 g/mol. The maximum Gasteiger partial charge on any atom is 0.141 e. The van der Waals surface area contributed by atoms with Crippen LogP contribution in [-0.2, 0) is 6.54 Å². The lowest BCUT2D eigenvalue weighted by atomic mass is 10.2. The molecule has 0 spiro atoms. The van der Waals surface area contributed by atoms with Crippen LogP contribution in [0.2, 0.25) is 0 Å². The highest BCUT2D eigenvalue weighted by molar-refractivity contribution is 5.89. The van der Waals surface area contributed by atoms with Gasteiger partial charge in [-0.15, -0.1) is 5.10 Å². The maximum absolute atomic E-state index is 4.37. The molecule has 1 aliphatic rings. The van der Waals surface area contributed by atoms with E-state index in [1.165, 1.54) is 12.8 Å². The molecule has 0 aliphatic heterocycles. The van der Waals surface area contributed by atoms with E-state index in [1.807, 2.05) is 16.9 Å². The Morgan fingerprint density at radius 1 is 1.32 bits per heavy atom. The van der Waals surface area contributed by atoms with Crippen molar-refractivity contribution >= 4 is 11.0 Å². The van der Waals surface area contributed by atoms with Crippen LogP contribution in [0.15, 0.2) is 18.6 Å². The molecule has 1 N–H and O–H groups in total. The number of aromatic nitrogens is 6. The van der Waals surface area contributed by atoms with Gasteiger partial charge in [-0.05, 0) is 31.7 Å². The number of H-pyrrole nitrogens is 1. The van der Waals surface area contributed by atoms with Crippen LogP contribution in [0.4, 0.5) is 0 Å². The van der Waals surface area contributed by atoms with Crippen molar-refractivity contribution in [1.82, 2.24) is 29.9 Å². The average Bonchev–Trinajstić information content (AvgIpc) is 2.97. The van der Waals surface area contributed by atoms with Crippen LogP contribution in [-0.4, -0.2) is 29.9 Å². The van der Waals surface area contributed by atoms with Gasteiger partial charge >= 0.3 is 0 Å². The Hall–Kier alpha value is -2.24. The summed E-state index contributed by atoms with van der Waals surface area (Å²) in [6.07, 6.45) is 6.05. The van der Waals surface area contributed by atoms with Crippen molar-refractivity contribution in [3.05, 3.63) is 24.3 Å². The van der Waals surface area contributed by atoms with Crippen molar-refractivity contribution < 1.29 is 0 Å². The Morgan fingerprint density at radius 2 is 2.21 bits per heavy atom. The third-order valence-electron chi connectivity index (χ3n) is 3.69. The monoisotopic (exact) mass is 254 g/mol. The first-order valence-electron chi connectivity index (χ1n) is 6.51. The fraction of sp³-hybridized carbons (Fsp3) is 0.385. The predicted molar refractivity (Wildman–Crippen MR) is 70.4 cm³/mol. The van der Waals surface area contributed by atoms with Gasteiger partial charge in [0.1, 0.15) is 23.4 Å². The molecule has 0 saturated heterocycles. The van der Waals surface area contributed by atoms with E-state index in [9.17, 15) is 0 Å². The number of aromatic amines is 1. The average molecular weight is 254 g/mol. The summed E-state index contributed by atoms with van der Waals surface area (Å²) in [7, 11) is 0. The molecule has 4 rings (SSSR count). The van der Waals surface area contributed by atoms with E-state index in [0.717, 1.165) is 40.6 Å². The molecule has 6 nitrogen and oxygen atoms in total. The predicted octanol–water partition coefficient (Wildman–Crippen LogP) is 1.93. The molecular formula is C13H14N6. The van der Waals surface area contributed by atoms with E-state index in [1.54, 1.807) is 6.33 Å². The maximum atomic E-state index is 4.37. The minimum absolute atomic E-state index is 0.783. The highest BCUT2D eigenvalue weighted by Gasteiger charge is 2.24. The van der Waals surface area contributed by atoms with Gasteiger partial charge in [-0.2, -0.15) is 0 Å². The fourth-order valence-corrected chi connectivity index (χ4v) is 2.36. The zero-order chi connectivity index (χ0) is 12.8. The summed E-state index contributed by atoms with van der Waals surface area (Å²) < 4.78 is 1.99. The second-order valence-electron chi connectivity index (χ2n) is 5.11. The van der Waals surface area contributed by atoms with Crippen molar-refractivity contribution in [2.24, 2.45) is 5.92 Å². The molecule has 19 heavy (non-hydrogen) atoms. The summed E-state index contributed by atoms with van der Waals surface area (Å²) in [5, 5.41) is 9.55. The van der Waals surface area contributed by atoms with Crippen LogP contribution in [0.1, 0.15) is 18.5 Å². The number of fused-ring (bicyclic) bond motifs is 1. The van der Waals surface area contributed by atoms with Crippen molar-refractivity contribution in [3.8, 4) is 11.4 Å². The van der Waals surface area contributed by atoms with Crippen LogP contribution >= 0.6 is 0 Å². The molecule has 3 heterocycles. The summed E-state index contributed by atoms with van der Waals surface area (Å²) >= 11 is 0. The smallest absolute Gasteiger partial charge is 0.141 e. The first kappa shape index (κ1) is 10.7. The normalized spacial score (nSPS) is 15.2. The van der Waals surface area contributed by atoms with E-state index in [4.69, 9.17) is 0 Å². The number of rotatable bonds is 3. The number of nitrogens with one attached hydrogen (secondary N) is 1. The molecule has 1 fully saturated rings. The second-order valence-corrected chi connectivity index (χ2v) is 5.11. The van der Waals surface area contributed by atoms with Crippen molar-refractivity contribution in [1.29, 1.82) is 0 Å². The minimum Gasteiger partial charge on any atom is -0.346 e. The van der Waals surface area contributed by atoms with E-state index in [0.29, 0.717) is 0 Å². The molecule has 3 aromatic heterocycles. The number of hydrogen-bond acceptors (Lipinski definition) is 4. The topological polar surface area (TPSA) is 72.3 Å². The lowest BCUT2D eigenvalue weighted by molar-refractivity contribution is 0.532. The van der Waals surface area contributed by atoms with E-state index >= 15 is 0 Å². The molecule has 6 heteroatoms. The van der Waals surface area contributed by atoms with Gasteiger partial charge in [-0.25, -0.2) is 14.6 Å². The van der Waals surface area contributed by atoms with Gasteiger partial charge in [-0.1, -0.05) is 5.21 Å². The van der Waals surface area contributed by atoms with Gasteiger partial charge < -0.3 is 4.98 Å². The Bertz CT molecular complexity index is 737. The molecule has 3 aromatic rings. The molecule has 96 valence electrons. The first-order valence-corrected chi connectivity index (χ1v) is 6.51. The van der Waals surface area contributed by atoms with Crippen LogP contribution in [0.3, 0.4) is 0 Å². The lowest BCUT2D eigenvalue weighted by Gasteiger charge is -2.02. The van der Waals surface area contributed by atoms with Crippen molar-refractivity contribution in [2.45, 2.75) is 26.3 Å². The van der Waals surface area contributed by atoms with E-state index in [2.05, 4.69) is 32.2 Å². The highest BCUT2D eigenvalue weighted by Crippen LogP contribution is 2.32. The van der Waals surface area contributed by atoms with Gasteiger partial charge in [0.25, 0.3) is 0 Å². The molecule has 1 saturated carbocycles. The Balaban J connectivity index is 1.83. The van der Waals surface area contributed by atoms with E-state index < -0.39 is 0 Å². The Morgan fingerprint density at radius 3 is 3.05 bits per heavy atom. The molecule has 0 bridgehead atoms. The second kappa shape index (κ2) is 3.88. The zero-order valence-electron chi connectivity index (χ0n) is 10.7. The largest absolute Gasteiger partial charge is 0.346 e. The third kappa shape index (κ3) is 1.71. The summed E-state index contributed by atoms with van der Waals surface area (Å²) in [6.45, 7) is 3.03. The van der Waals surface area contributed by atoms with Gasteiger partial charge in [0.05, 0.1) is 5.69 Å². The molecule has 0 aromatic carbocycles. The van der Waals surface area contributed by atoms with Crippen LogP contribution < -0.4 is 0 Å². The first-order chi connectivity index (χ1) is 9.33. The number of hydrogen-bond donors (Lipinski definition) is 1. The van der Waals surface area contributed by atoms with Crippen molar-refractivity contribution in [2.75, 3.05) is 0 Å². The molecule has 0 unspecified atom stereocenters. The van der Waals surface area contributed by atoms with Crippen LogP contribution in [0.5, 0.6) is 0 Å². The van der Waals surface area contributed by atoms with Crippen LogP contribution in [0, 0.1) is 12.8 Å².